The third kappa shape index (κ3) is 3.96. The minimum atomic E-state index is -0.973. The van der Waals surface area contributed by atoms with E-state index < -0.39 is 17.6 Å². The number of ether oxygens (including phenoxy) is 2. The van der Waals surface area contributed by atoms with Crippen LogP contribution in [-0.4, -0.2) is 35.9 Å². The van der Waals surface area contributed by atoms with Crippen LogP contribution in [0.4, 0.5) is 4.79 Å². The Morgan fingerprint density at radius 1 is 1.35 bits per heavy atom. The number of benzene rings is 1. The average Bonchev–Trinajstić information content (AvgIpc) is 2.85. The summed E-state index contributed by atoms with van der Waals surface area (Å²) in [6.45, 7) is 0.780. The molecule has 6 heteroatoms. The normalized spacial score (nSPS) is 21.4. The monoisotopic (exact) mass is 279 g/mol. The van der Waals surface area contributed by atoms with Crippen LogP contribution in [0.3, 0.4) is 0 Å². The van der Waals surface area contributed by atoms with Crippen molar-refractivity contribution in [3.8, 4) is 0 Å². The molecule has 1 unspecified atom stereocenters. The van der Waals surface area contributed by atoms with Gasteiger partial charge in [0.1, 0.15) is 6.61 Å². The Bertz CT molecular complexity index is 468. The zero-order valence-corrected chi connectivity index (χ0v) is 11.0. The fraction of sp³-hybridized carbons (Fsp3) is 0.429. The van der Waals surface area contributed by atoms with Crippen molar-refractivity contribution in [1.82, 2.24) is 5.32 Å². The van der Waals surface area contributed by atoms with Gasteiger partial charge in [0.15, 0.2) is 0 Å². The molecule has 1 fully saturated rings. The lowest BCUT2D eigenvalue weighted by Gasteiger charge is -2.26. The molecule has 1 aliphatic heterocycles. The van der Waals surface area contributed by atoms with Crippen molar-refractivity contribution < 1.29 is 24.2 Å². The van der Waals surface area contributed by atoms with E-state index in [1.807, 2.05) is 30.3 Å². The second kappa shape index (κ2) is 6.38. The van der Waals surface area contributed by atoms with Gasteiger partial charge >= 0.3 is 12.1 Å². The van der Waals surface area contributed by atoms with Crippen LogP contribution in [0.15, 0.2) is 30.3 Å². The number of hydrogen-bond donors (Lipinski definition) is 2. The summed E-state index contributed by atoms with van der Waals surface area (Å²) in [5, 5.41) is 11.5. The first-order valence-electron chi connectivity index (χ1n) is 6.38. The molecule has 0 bridgehead atoms. The van der Waals surface area contributed by atoms with Gasteiger partial charge in [-0.05, 0) is 12.0 Å². The van der Waals surface area contributed by atoms with Gasteiger partial charge in [0, 0.05) is 6.61 Å². The largest absolute Gasteiger partial charge is 0.481 e. The van der Waals surface area contributed by atoms with E-state index in [0.717, 1.165) is 5.56 Å². The molecule has 6 nitrogen and oxygen atoms in total. The third-order valence-electron chi connectivity index (χ3n) is 3.17. The highest BCUT2D eigenvalue weighted by molar-refractivity contribution is 5.72. The van der Waals surface area contributed by atoms with E-state index in [-0.39, 0.29) is 19.6 Å². The summed E-state index contributed by atoms with van der Waals surface area (Å²) in [4.78, 5) is 22.7. The summed E-state index contributed by atoms with van der Waals surface area (Å²) < 4.78 is 10.3. The molecule has 0 saturated carbocycles. The molecule has 1 aromatic rings. The fourth-order valence-corrected chi connectivity index (χ4v) is 2.15. The number of carboxylic acid groups (broad SMARTS) is 1. The minimum Gasteiger partial charge on any atom is -0.481 e. The molecule has 2 rings (SSSR count). The van der Waals surface area contributed by atoms with Gasteiger partial charge in [-0.1, -0.05) is 30.3 Å². The Labute approximate surface area is 116 Å². The summed E-state index contributed by atoms with van der Waals surface area (Å²) in [6, 6.07) is 9.28. The second-order valence-corrected chi connectivity index (χ2v) is 4.84. The van der Waals surface area contributed by atoms with Crippen LogP contribution in [0.5, 0.6) is 0 Å². The van der Waals surface area contributed by atoms with E-state index >= 15 is 0 Å². The molecule has 108 valence electrons. The van der Waals surface area contributed by atoms with Gasteiger partial charge in [0.25, 0.3) is 0 Å². The Kier molecular flexibility index (Phi) is 4.57. The summed E-state index contributed by atoms with van der Waals surface area (Å²) in [5.41, 5.74) is 0.0113. The van der Waals surface area contributed by atoms with Crippen molar-refractivity contribution >= 4 is 12.1 Å². The topological polar surface area (TPSA) is 84.9 Å². The fourth-order valence-electron chi connectivity index (χ4n) is 2.15. The average molecular weight is 279 g/mol. The van der Waals surface area contributed by atoms with Gasteiger partial charge < -0.3 is 19.9 Å². The molecule has 0 aliphatic carbocycles. The number of carboxylic acids is 1. The zero-order valence-electron chi connectivity index (χ0n) is 11.0. The van der Waals surface area contributed by atoms with Crippen LogP contribution in [-0.2, 0) is 20.9 Å². The third-order valence-corrected chi connectivity index (χ3v) is 3.17. The standard InChI is InChI=1S/C14H17NO5/c16-12(17)8-14(6-7-19-10-14)15-13(18)20-9-11-4-2-1-3-5-11/h1-5H,6-10H2,(H,15,18)(H,16,17). The maximum atomic E-state index is 11.8. The number of amides is 1. The molecule has 0 spiro atoms. The maximum Gasteiger partial charge on any atom is 0.407 e. The van der Waals surface area contributed by atoms with Crippen LogP contribution in [0, 0.1) is 0 Å². The van der Waals surface area contributed by atoms with E-state index in [1.54, 1.807) is 0 Å². The Morgan fingerprint density at radius 3 is 2.70 bits per heavy atom. The predicted octanol–water partition coefficient (Wildman–Crippen LogP) is 1.55. The first-order chi connectivity index (χ1) is 9.60. The van der Waals surface area contributed by atoms with Crippen LogP contribution < -0.4 is 5.32 Å². The number of nitrogens with one attached hydrogen (secondary N) is 1. The first kappa shape index (κ1) is 14.3. The van der Waals surface area contributed by atoms with Crippen LogP contribution >= 0.6 is 0 Å². The van der Waals surface area contributed by atoms with Crippen molar-refractivity contribution in [2.75, 3.05) is 13.2 Å². The maximum absolute atomic E-state index is 11.8. The predicted molar refractivity (Wildman–Crippen MR) is 70.2 cm³/mol. The molecule has 2 N–H and O–H groups in total. The Balaban J connectivity index is 1.87. The molecule has 1 heterocycles. The van der Waals surface area contributed by atoms with Gasteiger partial charge in [-0.2, -0.15) is 0 Å². The van der Waals surface area contributed by atoms with Gasteiger partial charge in [0.2, 0.25) is 0 Å². The zero-order chi connectivity index (χ0) is 14.4. The molecule has 20 heavy (non-hydrogen) atoms. The SMILES string of the molecule is O=C(O)CC1(NC(=O)OCc2ccccc2)CCOC1. The smallest absolute Gasteiger partial charge is 0.407 e. The highest BCUT2D eigenvalue weighted by Crippen LogP contribution is 2.22. The Hall–Kier alpha value is -2.08. The summed E-state index contributed by atoms with van der Waals surface area (Å²) in [7, 11) is 0. The van der Waals surface area contributed by atoms with E-state index in [4.69, 9.17) is 14.6 Å². The number of rotatable bonds is 5. The number of carbonyl (C=O) groups is 2. The van der Waals surface area contributed by atoms with Gasteiger partial charge in [-0.15, -0.1) is 0 Å². The van der Waals surface area contributed by atoms with Crippen LogP contribution in [0.25, 0.3) is 0 Å². The lowest BCUT2D eigenvalue weighted by atomic mass is 9.95. The summed E-state index contributed by atoms with van der Waals surface area (Å²) in [5.74, 6) is -0.973. The van der Waals surface area contributed by atoms with Crippen molar-refractivity contribution in [2.24, 2.45) is 0 Å². The molecule has 1 aliphatic rings. The lowest BCUT2D eigenvalue weighted by molar-refractivity contribution is -0.138. The van der Waals surface area contributed by atoms with E-state index in [1.165, 1.54) is 0 Å². The summed E-state index contributed by atoms with van der Waals surface area (Å²) in [6.07, 6.45) is -0.326. The van der Waals surface area contributed by atoms with E-state index in [9.17, 15) is 9.59 Å². The van der Waals surface area contributed by atoms with E-state index in [2.05, 4.69) is 5.32 Å². The molecule has 0 aromatic heterocycles. The molecule has 1 atom stereocenters. The molecular formula is C14H17NO5. The number of carbonyl (C=O) groups excluding carboxylic acids is 1. The van der Waals surface area contributed by atoms with Crippen molar-refractivity contribution in [1.29, 1.82) is 0 Å². The molecule has 1 aromatic carbocycles. The number of hydrogen-bond acceptors (Lipinski definition) is 4. The van der Waals surface area contributed by atoms with Crippen molar-refractivity contribution in [3.05, 3.63) is 35.9 Å². The molecule has 0 radical (unpaired) electrons. The quantitative estimate of drug-likeness (QED) is 0.854. The second-order valence-electron chi connectivity index (χ2n) is 4.84. The van der Waals surface area contributed by atoms with E-state index in [0.29, 0.717) is 13.0 Å². The first-order valence-corrected chi connectivity index (χ1v) is 6.38. The molecule has 1 saturated heterocycles. The number of aliphatic carboxylic acids is 1. The summed E-state index contributed by atoms with van der Waals surface area (Å²) >= 11 is 0. The van der Waals surface area contributed by atoms with Gasteiger partial charge in [0.05, 0.1) is 18.6 Å². The minimum absolute atomic E-state index is 0.149. The number of alkyl carbamates (subject to hydrolysis) is 1. The van der Waals surface area contributed by atoms with Crippen molar-refractivity contribution in [3.63, 3.8) is 0 Å². The van der Waals surface area contributed by atoms with Crippen molar-refractivity contribution in [2.45, 2.75) is 25.0 Å². The van der Waals surface area contributed by atoms with Gasteiger partial charge in [-0.25, -0.2) is 4.79 Å². The lowest BCUT2D eigenvalue weighted by Crippen LogP contribution is -2.50. The Morgan fingerprint density at radius 2 is 2.10 bits per heavy atom. The van der Waals surface area contributed by atoms with Crippen LogP contribution in [0.2, 0.25) is 0 Å². The highest BCUT2D eigenvalue weighted by Gasteiger charge is 2.39. The highest BCUT2D eigenvalue weighted by atomic mass is 16.5. The van der Waals surface area contributed by atoms with Gasteiger partial charge in [-0.3, -0.25) is 4.79 Å². The molecule has 1 amide bonds. The molecular weight excluding hydrogens is 262 g/mol. The van der Waals surface area contributed by atoms with Crippen LogP contribution in [0.1, 0.15) is 18.4 Å².